The third-order valence-corrected chi connectivity index (χ3v) is 4.06. The van der Waals surface area contributed by atoms with Crippen molar-refractivity contribution < 1.29 is 18.9 Å². The molecule has 0 unspecified atom stereocenters. The van der Waals surface area contributed by atoms with Crippen molar-refractivity contribution in [3.63, 3.8) is 0 Å². The van der Waals surface area contributed by atoms with E-state index in [1.54, 1.807) is 19.1 Å². The highest BCUT2D eigenvalue weighted by atomic mass is 19.1. The van der Waals surface area contributed by atoms with E-state index < -0.39 is 28.6 Å². The van der Waals surface area contributed by atoms with Crippen LogP contribution < -0.4 is 5.32 Å². The molecule has 0 saturated heterocycles. The fourth-order valence-electron chi connectivity index (χ4n) is 2.36. The molecule has 0 radical (unpaired) electrons. The minimum absolute atomic E-state index is 0.0666. The Morgan fingerprint density at radius 2 is 1.92 bits per heavy atom. The number of amides is 2. The first-order chi connectivity index (χ1) is 12.3. The van der Waals surface area contributed by atoms with Gasteiger partial charge in [-0.05, 0) is 24.6 Å². The average molecular weight is 359 g/mol. The van der Waals surface area contributed by atoms with E-state index in [4.69, 9.17) is 0 Å². The second-order valence-electron chi connectivity index (χ2n) is 5.70. The van der Waals surface area contributed by atoms with Crippen molar-refractivity contribution in [1.82, 2.24) is 10.2 Å². The largest absolute Gasteiger partial charge is 0.343 e. The number of carbonyl (C=O) groups is 2. The molecule has 0 bridgehead atoms. The average Bonchev–Trinajstić information content (AvgIpc) is 2.65. The van der Waals surface area contributed by atoms with Crippen molar-refractivity contribution in [1.29, 1.82) is 0 Å². The van der Waals surface area contributed by atoms with Crippen LogP contribution in [0.3, 0.4) is 0 Å². The van der Waals surface area contributed by atoms with Gasteiger partial charge in [-0.25, -0.2) is 4.39 Å². The zero-order chi connectivity index (χ0) is 19.3. The van der Waals surface area contributed by atoms with E-state index in [-0.39, 0.29) is 17.8 Å². The first kappa shape index (κ1) is 19.0. The quantitative estimate of drug-likeness (QED) is 0.634. The lowest BCUT2D eigenvalue weighted by atomic mass is 10.1. The number of nitrogens with one attached hydrogen (secondary N) is 1. The van der Waals surface area contributed by atoms with Crippen LogP contribution in [-0.4, -0.2) is 35.2 Å². The summed E-state index contributed by atoms with van der Waals surface area (Å²) in [7, 11) is 1.53. The molecular weight excluding hydrogens is 341 g/mol. The van der Waals surface area contributed by atoms with E-state index in [2.05, 4.69) is 5.32 Å². The lowest BCUT2D eigenvalue weighted by molar-refractivity contribution is -0.384. The number of nitro benzene ring substituents is 1. The fraction of sp³-hybridized carbons (Fsp3) is 0.222. The van der Waals surface area contributed by atoms with Gasteiger partial charge >= 0.3 is 0 Å². The minimum atomic E-state index is -0.687. The molecule has 7 nitrogen and oxygen atoms in total. The molecule has 0 aromatic heterocycles. The number of likely N-dealkylation sites (N-methyl/N-ethyl adjacent to an activating group) is 1. The Bertz CT molecular complexity index is 841. The van der Waals surface area contributed by atoms with E-state index in [0.29, 0.717) is 5.56 Å². The topological polar surface area (TPSA) is 92.6 Å². The first-order valence-electron chi connectivity index (χ1n) is 7.84. The highest BCUT2D eigenvalue weighted by Crippen LogP contribution is 2.22. The first-order valence-corrected chi connectivity index (χ1v) is 7.84. The Labute approximate surface area is 149 Å². The van der Waals surface area contributed by atoms with Gasteiger partial charge in [0.15, 0.2) is 0 Å². The molecule has 1 atom stereocenters. The summed E-state index contributed by atoms with van der Waals surface area (Å²) in [6.45, 7) is 1.40. The molecule has 8 heteroatoms. The maximum Gasteiger partial charge on any atom is 0.269 e. The number of hydrogen-bond acceptors (Lipinski definition) is 4. The van der Waals surface area contributed by atoms with Crippen LogP contribution in [0, 0.1) is 15.9 Å². The summed E-state index contributed by atoms with van der Waals surface area (Å²) in [4.78, 5) is 36.0. The molecule has 0 spiro atoms. The standard InChI is InChI=1S/C18H18FN3O4/c1-12(13-6-5-7-14(10-13)22(25)26)21(2)17(23)11-20-18(24)15-8-3-4-9-16(15)19/h3-10,12H,11H2,1-2H3,(H,20,24)/t12-/m0/s1. The van der Waals surface area contributed by atoms with Crippen LogP contribution in [-0.2, 0) is 4.79 Å². The minimum Gasteiger partial charge on any atom is -0.343 e. The van der Waals surface area contributed by atoms with E-state index >= 15 is 0 Å². The highest BCUT2D eigenvalue weighted by molar-refractivity contribution is 5.96. The summed E-state index contributed by atoms with van der Waals surface area (Å²) in [5.41, 5.74) is 0.383. The van der Waals surface area contributed by atoms with Crippen molar-refractivity contribution in [2.45, 2.75) is 13.0 Å². The number of nitrogens with zero attached hydrogens (tertiary/aromatic N) is 2. The Balaban J connectivity index is 2.00. The number of hydrogen-bond donors (Lipinski definition) is 1. The van der Waals surface area contributed by atoms with Crippen LogP contribution in [0.5, 0.6) is 0 Å². The molecule has 2 amide bonds. The smallest absolute Gasteiger partial charge is 0.269 e. The monoisotopic (exact) mass is 359 g/mol. The zero-order valence-electron chi connectivity index (χ0n) is 14.3. The number of rotatable bonds is 6. The van der Waals surface area contributed by atoms with Crippen molar-refractivity contribution in [2.75, 3.05) is 13.6 Å². The molecule has 0 aliphatic rings. The van der Waals surface area contributed by atoms with Crippen LogP contribution in [0.4, 0.5) is 10.1 Å². The molecule has 0 saturated carbocycles. The molecule has 1 N–H and O–H groups in total. The van der Waals surface area contributed by atoms with Gasteiger partial charge < -0.3 is 10.2 Å². The van der Waals surface area contributed by atoms with Gasteiger partial charge in [-0.1, -0.05) is 24.3 Å². The summed E-state index contributed by atoms with van der Waals surface area (Å²) in [6, 6.07) is 11.0. The van der Waals surface area contributed by atoms with Gasteiger partial charge in [-0.3, -0.25) is 19.7 Å². The Morgan fingerprint density at radius 3 is 2.58 bits per heavy atom. The van der Waals surface area contributed by atoms with E-state index in [9.17, 15) is 24.1 Å². The Kier molecular flexibility index (Phi) is 6.00. The van der Waals surface area contributed by atoms with Gasteiger partial charge in [-0.15, -0.1) is 0 Å². The van der Waals surface area contributed by atoms with Gasteiger partial charge in [0, 0.05) is 19.2 Å². The summed E-state index contributed by atoms with van der Waals surface area (Å²) in [5.74, 6) is -1.77. The molecule has 2 aromatic rings. The molecular formula is C18H18FN3O4. The van der Waals surface area contributed by atoms with Gasteiger partial charge in [0.2, 0.25) is 5.91 Å². The summed E-state index contributed by atoms with van der Waals surface area (Å²) < 4.78 is 13.6. The highest BCUT2D eigenvalue weighted by Gasteiger charge is 2.20. The second kappa shape index (κ2) is 8.19. The van der Waals surface area contributed by atoms with E-state index in [0.717, 1.165) is 6.07 Å². The SMILES string of the molecule is C[C@@H](c1cccc([N+](=O)[O-])c1)N(C)C(=O)CNC(=O)c1ccccc1F. The molecule has 2 rings (SSSR count). The van der Waals surface area contributed by atoms with E-state index in [1.807, 2.05) is 0 Å². The van der Waals surface area contributed by atoms with E-state index in [1.165, 1.54) is 42.3 Å². The third-order valence-electron chi connectivity index (χ3n) is 4.06. The molecule has 0 aliphatic heterocycles. The van der Waals surface area contributed by atoms with Crippen LogP contribution in [0.2, 0.25) is 0 Å². The molecule has 0 heterocycles. The predicted octanol–water partition coefficient (Wildman–Crippen LogP) is 2.68. The van der Waals surface area contributed by atoms with Crippen molar-refractivity contribution in [3.8, 4) is 0 Å². The lowest BCUT2D eigenvalue weighted by Gasteiger charge is -2.25. The number of halogens is 1. The number of carbonyl (C=O) groups excluding carboxylic acids is 2. The van der Waals surface area contributed by atoms with Crippen LogP contribution in [0.1, 0.15) is 28.9 Å². The third kappa shape index (κ3) is 4.41. The molecule has 0 fully saturated rings. The fourth-order valence-corrected chi connectivity index (χ4v) is 2.36. The molecule has 0 aliphatic carbocycles. The van der Waals surface area contributed by atoms with Gasteiger partial charge in [0.05, 0.1) is 23.1 Å². The Hall–Kier alpha value is -3.29. The van der Waals surface area contributed by atoms with Crippen LogP contribution in [0.25, 0.3) is 0 Å². The number of nitro groups is 1. The normalized spacial score (nSPS) is 11.5. The van der Waals surface area contributed by atoms with Gasteiger partial charge in [0.25, 0.3) is 11.6 Å². The van der Waals surface area contributed by atoms with Crippen molar-refractivity contribution in [2.24, 2.45) is 0 Å². The number of non-ortho nitro benzene ring substituents is 1. The van der Waals surface area contributed by atoms with Crippen molar-refractivity contribution in [3.05, 3.63) is 75.6 Å². The second-order valence-corrected chi connectivity index (χ2v) is 5.70. The summed E-state index contributed by atoms with van der Waals surface area (Å²) in [5, 5.41) is 13.2. The molecule has 26 heavy (non-hydrogen) atoms. The zero-order valence-corrected chi connectivity index (χ0v) is 14.3. The lowest BCUT2D eigenvalue weighted by Crippen LogP contribution is -2.39. The Morgan fingerprint density at radius 1 is 1.23 bits per heavy atom. The number of benzene rings is 2. The molecule has 136 valence electrons. The maximum absolute atomic E-state index is 13.6. The van der Waals surface area contributed by atoms with Crippen molar-refractivity contribution >= 4 is 17.5 Å². The maximum atomic E-state index is 13.6. The predicted molar refractivity (Wildman–Crippen MR) is 93.0 cm³/mol. The summed E-state index contributed by atoms with van der Waals surface area (Å²) in [6.07, 6.45) is 0. The van der Waals surface area contributed by atoms with Gasteiger partial charge in [0.1, 0.15) is 5.82 Å². The van der Waals surface area contributed by atoms with Crippen LogP contribution >= 0.6 is 0 Å². The van der Waals surface area contributed by atoms with Gasteiger partial charge in [-0.2, -0.15) is 0 Å². The summed E-state index contributed by atoms with van der Waals surface area (Å²) >= 11 is 0. The molecule has 2 aromatic carbocycles. The van der Waals surface area contributed by atoms with Crippen LogP contribution in [0.15, 0.2) is 48.5 Å².